The van der Waals surface area contributed by atoms with Crippen LogP contribution in [-0.2, 0) is 6.61 Å². The van der Waals surface area contributed by atoms with Gasteiger partial charge in [0.15, 0.2) is 0 Å². The van der Waals surface area contributed by atoms with Crippen molar-refractivity contribution in [2.24, 2.45) is 0 Å². The first-order valence-electron chi connectivity index (χ1n) is 5.62. The number of aryl methyl sites for hydroxylation is 1. The molecular formula is C13H13ClN2O3. The first-order chi connectivity index (χ1) is 9.10. The van der Waals surface area contributed by atoms with Gasteiger partial charge in [-0.25, -0.2) is 4.98 Å². The van der Waals surface area contributed by atoms with Crippen LogP contribution in [0.2, 0.25) is 5.02 Å². The van der Waals surface area contributed by atoms with Gasteiger partial charge in [-0.2, -0.15) is 0 Å². The highest BCUT2D eigenvalue weighted by atomic mass is 35.5. The number of H-pyrrole nitrogens is 1. The molecule has 1 heterocycles. The normalized spacial score (nSPS) is 10.3. The summed E-state index contributed by atoms with van der Waals surface area (Å²) in [7, 11) is 1.60. The molecule has 0 atom stereocenters. The van der Waals surface area contributed by atoms with Crippen LogP contribution < -0.4 is 15.0 Å². The first-order valence-corrected chi connectivity index (χ1v) is 6.00. The van der Waals surface area contributed by atoms with Crippen molar-refractivity contribution in [3.8, 4) is 11.5 Å². The molecule has 100 valence electrons. The smallest absolute Gasteiger partial charge is 0.270 e. The fourth-order valence-electron chi connectivity index (χ4n) is 1.52. The largest absolute Gasteiger partial charge is 0.497 e. The number of hydrogen-bond donors (Lipinski definition) is 1. The lowest BCUT2D eigenvalue weighted by Gasteiger charge is -2.07. The molecule has 6 heteroatoms. The van der Waals surface area contributed by atoms with E-state index in [2.05, 4.69) is 9.97 Å². The number of rotatable bonds is 4. The van der Waals surface area contributed by atoms with Crippen LogP contribution in [-0.4, -0.2) is 17.1 Å². The highest BCUT2D eigenvalue weighted by Gasteiger charge is 2.06. The van der Waals surface area contributed by atoms with Crippen LogP contribution in [0.1, 0.15) is 11.5 Å². The van der Waals surface area contributed by atoms with E-state index < -0.39 is 0 Å². The average Bonchev–Trinajstić information content (AvgIpc) is 2.43. The zero-order chi connectivity index (χ0) is 13.8. The van der Waals surface area contributed by atoms with E-state index in [0.717, 1.165) is 5.75 Å². The summed E-state index contributed by atoms with van der Waals surface area (Å²) in [4.78, 5) is 18.2. The highest BCUT2D eigenvalue weighted by Crippen LogP contribution is 2.17. The quantitative estimate of drug-likeness (QED) is 0.933. The van der Waals surface area contributed by atoms with Crippen molar-refractivity contribution in [3.63, 3.8) is 0 Å². The summed E-state index contributed by atoms with van der Waals surface area (Å²) in [6, 6.07) is 7.14. The summed E-state index contributed by atoms with van der Waals surface area (Å²) < 4.78 is 10.6. The van der Waals surface area contributed by atoms with E-state index in [0.29, 0.717) is 17.3 Å². The maximum absolute atomic E-state index is 11.5. The van der Waals surface area contributed by atoms with Crippen molar-refractivity contribution in [3.05, 3.63) is 51.2 Å². The number of aromatic amines is 1. The van der Waals surface area contributed by atoms with Gasteiger partial charge < -0.3 is 14.5 Å². The molecule has 1 N–H and O–H groups in total. The number of halogens is 1. The molecule has 0 saturated carbocycles. The van der Waals surface area contributed by atoms with Gasteiger partial charge in [0.25, 0.3) is 5.56 Å². The molecule has 0 unspecified atom stereocenters. The Morgan fingerprint density at radius 3 is 2.47 bits per heavy atom. The molecule has 0 spiro atoms. The minimum Gasteiger partial charge on any atom is -0.497 e. The molecule has 0 aliphatic rings. The van der Waals surface area contributed by atoms with E-state index in [1.54, 1.807) is 38.3 Å². The second-order valence-corrected chi connectivity index (χ2v) is 4.25. The Kier molecular flexibility index (Phi) is 4.06. The highest BCUT2D eigenvalue weighted by molar-refractivity contribution is 6.30. The average molecular weight is 281 g/mol. The zero-order valence-corrected chi connectivity index (χ0v) is 11.3. The van der Waals surface area contributed by atoms with Gasteiger partial charge in [0.2, 0.25) is 0 Å². The van der Waals surface area contributed by atoms with Crippen LogP contribution in [0.3, 0.4) is 0 Å². The molecule has 2 aromatic rings. The standard InChI is InChI=1S/C13H13ClN2O3/c1-8-12(14)13(17)16-11(15-8)7-19-10-5-3-9(18-2)4-6-10/h3-6H,7H2,1-2H3,(H,15,16,17). The summed E-state index contributed by atoms with van der Waals surface area (Å²) in [6.45, 7) is 1.84. The van der Waals surface area contributed by atoms with Crippen LogP contribution in [0, 0.1) is 6.92 Å². The molecule has 0 radical (unpaired) electrons. The van der Waals surface area contributed by atoms with Crippen molar-refractivity contribution in [2.75, 3.05) is 7.11 Å². The monoisotopic (exact) mass is 280 g/mol. The minimum absolute atomic E-state index is 0.105. The second kappa shape index (κ2) is 5.75. The number of benzene rings is 1. The molecule has 1 aromatic heterocycles. The topological polar surface area (TPSA) is 64.2 Å². The van der Waals surface area contributed by atoms with Gasteiger partial charge >= 0.3 is 0 Å². The van der Waals surface area contributed by atoms with Gasteiger partial charge in [-0.3, -0.25) is 4.79 Å². The summed E-state index contributed by atoms with van der Waals surface area (Å²) in [5.41, 5.74) is 0.126. The van der Waals surface area contributed by atoms with Gasteiger partial charge in [0, 0.05) is 0 Å². The molecular weight excluding hydrogens is 268 g/mol. The number of nitrogens with zero attached hydrogens (tertiary/aromatic N) is 1. The zero-order valence-electron chi connectivity index (χ0n) is 10.6. The lowest BCUT2D eigenvalue weighted by molar-refractivity contribution is 0.294. The summed E-state index contributed by atoms with van der Waals surface area (Å²) in [5, 5.41) is 0.105. The Balaban J connectivity index is 2.07. The van der Waals surface area contributed by atoms with Crippen molar-refractivity contribution in [2.45, 2.75) is 13.5 Å². The molecule has 1 aromatic carbocycles. The van der Waals surface area contributed by atoms with E-state index in [1.807, 2.05) is 0 Å². The van der Waals surface area contributed by atoms with E-state index >= 15 is 0 Å². The number of hydrogen-bond acceptors (Lipinski definition) is 4. The van der Waals surface area contributed by atoms with Gasteiger partial charge in [-0.05, 0) is 31.2 Å². The minimum atomic E-state index is -0.359. The van der Waals surface area contributed by atoms with Crippen LogP contribution in [0.25, 0.3) is 0 Å². The summed E-state index contributed by atoms with van der Waals surface area (Å²) in [6.07, 6.45) is 0. The lowest BCUT2D eigenvalue weighted by Crippen LogP contribution is -2.15. The van der Waals surface area contributed by atoms with Crippen LogP contribution >= 0.6 is 11.6 Å². The molecule has 0 saturated heterocycles. The molecule has 0 bridgehead atoms. The van der Waals surface area contributed by atoms with Crippen LogP contribution in [0.5, 0.6) is 11.5 Å². The summed E-state index contributed by atoms with van der Waals surface area (Å²) in [5.74, 6) is 1.85. The maximum atomic E-state index is 11.5. The SMILES string of the molecule is COc1ccc(OCc2nc(C)c(Cl)c(=O)[nH]2)cc1. The number of methoxy groups -OCH3 is 1. The molecule has 0 amide bonds. The first kappa shape index (κ1) is 13.4. The predicted molar refractivity (Wildman–Crippen MR) is 71.9 cm³/mol. The van der Waals surface area contributed by atoms with E-state index in [1.165, 1.54) is 0 Å². The van der Waals surface area contributed by atoms with Crippen molar-refractivity contribution in [1.29, 1.82) is 0 Å². The third-order valence-corrected chi connectivity index (χ3v) is 2.96. The third-order valence-electron chi connectivity index (χ3n) is 2.51. The number of nitrogens with one attached hydrogen (secondary N) is 1. The van der Waals surface area contributed by atoms with Gasteiger partial charge in [0.1, 0.15) is 29.0 Å². The number of aromatic nitrogens is 2. The predicted octanol–water partition coefficient (Wildman–Crippen LogP) is 2.32. The van der Waals surface area contributed by atoms with Crippen molar-refractivity contribution < 1.29 is 9.47 Å². The Labute approximate surface area is 115 Å². The Hall–Kier alpha value is -2.01. The Bertz CT molecular complexity index is 623. The third kappa shape index (κ3) is 3.26. The van der Waals surface area contributed by atoms with Crippen molar-refractivity contribution in [1.82, 2.24) is 9.97 Å². The lowest BCUT2D eigenvalue weighted by atomic mass is 10.3. The van der Waals surface area contributed by atoms with Gasteiger partial charge in [-0.15, -0.1) is 0 Å². The fraction of sp³-hybridized carbons (Fsp3) is 0.231. The Morgan fingerprint density at radius 1 is 1.26 bits per heavy atom. The van der Waals surface area contributed by atoms with Crippen molar-refractivity contribution >= 4 is 11.6 Å². The fourth-order valence-corrected chi connectivity index (χ4v) is 1.61. The van der Waals surface area contributed by atoms with Gasteiger partial charge in [0.05, 0.1) is 12.8 Å². The van der Waals surface area contributed by atoms with E-state index in [4.69, 9.17) is 21.1 Å². The maximum Gasteiger partial charge on any atom is 0.270 e. The van der Waals surface area contributed by atoms with Gasteiger partial charge in [-0.1, -0.05) is 11.6 Å². The summed E-state index contributed by atoms with van der Waals surface area (Å²) >= 11 is 5.74. The Morgan fingerprint density at radius 2 is 1.89 bits per heavy atom. The van der Waals surface area contributed by atoms with E-state index in [-0.39, 0.29) is 17.2 Å². The molecule has 0 aliphatic heterocycles. The number of ether oxygens (including phenoxy) is 2. The van der Waals surface area contributed by atoms with Crippen LogP contribution in [0.15, 0.2) is 29.1 Å². The molecule has 2 rings (SSSR count). The van der Waals surface area contributed by atoms with E-state index in [9.17, 15) is 4.79 Å². The second-order valence-electron chi connectivity index (χ2n) is 3.88. The molecule has 19 heavy (non-hydrogen) atoms. The molecule has 0 fully saturated rings. The molecule has 5 nitrogen and oxygen atoms in total. The molecule has 0 aliphatic carbocycles. The van der Waals surface area contributed by atoms with Crippen LogP contribution in [0.4, 0.5) is 0 Å².